The van der Waals surface area contributed by atoms with Crippen LogP contribution in [0.5, 0.6) is 0 Å². The van der Waals surface area contributed by atoms with Crippen molar-refractivity contribution in [2.45, 2.75) is 135 Å². The van der Waals surface area contributed by atoms with Gasteiger partial charge in [-0.15, -0.1) is 0 Å². The number of carbonyl (C=O) groups excluding carboxylic acids is 5. The van der Waals surface area contributed by atoms with Crippen LogP contribution in [-0.2, 0) is 52.8 Å². The number of ether oxygens (including phenoxy) is 2. The van der Waals surface area contributed by atoms with E-state index in [-0.39, 0.29) is 74.7 Å². The molecule has 0 saturated carbocycles. The fourth-order valence-corrected chi connectivity index (χ4v) is 9.88. The third-order valence-corrected chi connectivity index (χ3v) is 14.6. The number of likely N-dealkylation sites (tertiary alicyclic amines) is 1. The molecule has 4 atom stereocenters. The summed E-state index contributed by atoms with van der Waals surface area (Å²) >= 11 is 0. The Kier molecular flexibility index (Phi) is 16.6. The Balaban J connectivity index is 1.23. The molecule has 2 fully saturated rings. The predicted octanol–water partition coefficient (Wildman–Crippen LogP) is 6.43. The van der Waals surface area contributed by atoms with Crippen molar-refractivity contribution in [1.82, 2.24) is 45.0 Å². The van der Waals surface area contributed by atoms with Crippen molar-refractivity contribution < 1.29 is 55.4 Å². The van der Waals surface area contributed by atoms with Gasteiger partial charge < -0.3 is 33.6 Å². The molecule has 2 saturated heterocycles. The largest absolute Gasteiger partial charge is 0.464 e. The van der Waals surface area contributed by atoms with Gasteiger partial charge in [-0.05, 0) is 102 Å². The number of nitrogens with one attached hydrogen (secondary N) is 2. The monoisotopic (exact) mass is 1050 g/mol. The van der Waals surface area contributed by atoms with E-state index in [4.69, 9.17) is 18.9 Å². The maximum Gasteiger partial charge on any atom is 0.406 e. The third-order valence-electron chi connectivity index (χ3n) is 14.6. The Morgan fingerprint density at radius 2 is 1.76 bits per heavy atom. The van der Waals surface area contributed by atoms with Crippen LogP contribution in [-0.4, -0.2) is 154 Å². The number of likely N-dealkylation sites (N-methyl/N-ethyl adjacent to an activating group) is 1. The average Bonchev–Trinajstić information content (AvgIpc) is 3.94. The summed E-state index contributed by atoms with van der Waals surface area (Å²) in [5, 5.41) is 4.52. The molecule has 3 aromatic heterocycles. The summed E-state index contributed by atoms with van der Waals surface area (Å²) in [7, 11) is 6.50. The molecular formula is C54H69F4N9O8. The number of cyclic esters (lactones) is 1. The molecule has 1 aromatic carbocycles. The normalized spacial score (nSPS) is 20.2. The third kappa shape index (κ3) is 12.5. The number of halogens is 4. The molecule has 21 heteroatoms. The van der Waals surface area contributed by atoms with E-state index in [1.54, 1.807) is 57.3 Å². The molecule has 6 bridgehead atoms. The highest BCUT2D eigenvalue weighted by Gasteiger charge is 2.48. The number of hydrogen-bond donors (Lipinski definition) is 2. The van der Waals surface area contributed by atoms with E-state index >= 15 is 4.39 Å². The molecule has 0 unspecified atom stereocenters. The summed E-state index contributed by atoms with van der Waals surface area (Å²) in [6, 6.07) is 4.59. The Bertz CT molecular complexity index is 2860. The molecule has 4 amide bonds. The van der Waals surface area contributed by atoms with Gasteiger partial charge in [-0.3, -0.25) is 38.9 Å². The first-order valence-corrected chi connectivity index (χ1v) is 25.3. The van der Waals surface area contributed by atoms with E-state index < -0.39 is 89.1 Å². The van der Waals surface area contributed by atoms with Crippen molar-refractivity contribution in [1.29, 1.82) is 0 Å². The van der Waals surface area contributed by atoms with Crippen LogP contribution in [0, 0.1) is 23.2 Å². The first-order valence-electron chi connectivity index (χ1n) is 25.3. The van der Waals surface area contributed by atoms with Crippen LogP contribution in [0.15, 0.2) is 47.2 Å². The molecule has 0 radical (unpaired) electrons. The minimum Gasteiger partial charge on any atom is -0.464 e. The molecule has 2 N–H and O–H groups in total. The van der Waals surface area contributed by atoms with Gasteiger partial charge in [0.2, 0.25) is 11.8 Å². The number of amides is 4. The van der Waals surface area contributed by atoms with Gasteiger partial charge in [0, 0.05) is 86.7 Å². The molecule has 406 valence electrons. The number of nitrogens with zero attached hydrogens (tertiary/aromatic N) is 7. The van der Waals surface area contributed by atoms with E-state index in [1.807, 2.05) is 46.7 Å². The number of oxazole rings is 1. The van der Waals surface area contributed by atoms with Crippen LogP contribution in [0.4, 0.5) is 17.6 Å². The highest BCUT2D eigenvalue weighted by molar-refractivity contribution is 5.97. The number of rotatable bonds is 10. The van der Waals surface area contributed by atoms with E-state index in [0.29, 0.717) is 40.6 Å². The molecular weight excluding hydrogens is 979 g/mol. The quantitative estimate of drug-likeness (QED) is 0.101. The second kappa shape index (κ2) is 22.1. The number of piperidine rings is 1. The summed E-state index contributed by atoms with van der Waals surface area (Å²) < 4.78 is 79.6. The summed E-state index contributed by atoms with van der Waals surface area (Å²) in [6.07, 6.45) is -2.43. The lowest BCUT2D eigenvalue weighted by molar-refractivity contribution is -0.156. The van der Waals surface area contributed by atoms with Crippen LogP contribution in [0.3, 0.4) is 0 Å². The summed E-state index contributed by atoms with van der Waals surface area (Å²) in [5.41, 5.74) is 1.67. The zero-order valence-electron chi connectivity index (χ0n) is 44.6. The molecule has 7 rings (SSSR count). The molecule has 0 aliphatic carbocycles. The number of alkyl halides is 4. The van der Waals surface area contributed by atoms with E-state index in [9.17, 15) is 37.1 Å². The number of hydrogen-bond acceptors (Lipinski definition) is 12. The van der Waals surface area contributed by atoms with Gasteiger partial charge in [0.05, 0.1) is 35.3 Å². The second-order valence-corrected chi connectivity index (χ2v) is 21.8. The smallest absolute Gasteiger partial charge is 0.406 e. The Morgan fingerprint density at radius 1 is 1.05 bits per heavy atom. The molecule has 3 aliphatic heterocycles. The average molecular weight is 1050 g/mol. The second-order valence-electron chi connectivity index (χ2n) is 21.8. The first-order chi connectivity index (χ1) is 35.1. The number of pyridine rings is 1. The fourth-order valence-electron chi connectivity index (χ4n) is 9.88. The molecule has 17 nitrogen and oxygen atoms in total. The Labute approximate surface area is 435 Å². The van der Waals surface area contributed by atoms with Crippen LogP contribution in [0.2, 0.25) is 0 Å². The van der Waals surface area contributed by atoms with Gasteiger partial charge in [0.15, 0.2) is 5.67 Å². The van der Waals surface area contributed by atoms with Gasteiger partial charge in [0.25, 0.3) is 17.7 Å². The van der Waals surface area contributed by atoms with Gasteiger partial charge in [-0.25, -0.2) is 14.8 Å². The number of aromatic nitrogens is 3. The summed E-state index contributed by atoms with van der Waals surface area (Å²) in [6.45, 7) is 11.1. The number of fused-ring (bicyclic) bond motifs is 6. The standard InChI is InChI=1S/C54H69F4N9O8/c1-32(2)44(64(10)50(72)53(55)20-24-65(25-21-53)42(68)18-19-52(6,7)63(8)9)46(69)61-40-27-35-29-74-47(60-35)34-16-17-41-37(26-34)38(28-51(4,5)31-75-49(71)39-15-13-23-67(62-39)48(40)70)45(66(41)30-54(56,57)58)36-14-12-22-59-43(36)33(3)73-11/h12,14,16-17,22,26,29,32-33,39-40,44,62H,13,15,20-21,23-25,27-28,30-31H2,1-11H3,(H,61,69)/t33-,39-,40-,44-/m0/s1. The van der Waals surface area contributed by atoms with Crippen LogP contribution in [0.1, 0.15) is 97.2 Å². The van der Waals surface area contributed by atoms with Gasteiger partial charge >= 0.3 is 12.1 Å². The SMILES string of the molecule is CO[C@@H](C)c1ncccc1-c1c2c3cc(ccc3n1CC(F)(F)F)-c1nc(co1)C[C@H](NC(=O)[C@H](C(C)C)N(C)C(=O)C1(F)CCN(C(=O)C#CC(C)(C)N(C)C)CC1)C(=O)N1CCC[C@H](N1)C(=O)OCC(C)(C)C2. The van der Waals surface area contributed by atoms with Gasteiger partial charge in [-0.1, -0.05) is 33.6 Å². The number of methoxy groups -OCH3 is 1. The number of hydrazine groups is 1. The maximum atomic E-state index is 16.7. The van der Waals surface area contributed by atoms with Gasteiger partial charge in [-0.2, -0.15) is 13.2 Å². The molecule has 4 aromatic rings. The van der Waals surface area contributed by atoms with Gasteiger partial charge in [0.1, 0.15) is 30.9 Å². The summed E-state index contributed by atoms with van der Waals surface area (Å²) in [4.78, 5) is 83.9. The Morgan fingerprint density at radius 3 is 2.41 bits per heavy atom. The summed E-state index contributed by atoms with van der Waals surface area (Å²) in [5.74, 6) is 1.60. The fraction of sp³-hybridized carbons (Fsp3) is 0.574. The lowest BCUT2D eigenvalue weighted by Crippen LogP contribution is -2.63. The zero-order chi connectivity index (χ0) is 54.9. The lowest BCUT2D eigenvalue weighted by Gasteiger charge is -2.40. The van der Waals surface area contributed by atoms with Crippen LogP contribution < -0.4 is 10.7 Å². The van der Waals surface area contributed by atoms with Crippen molar-refractivity contribution >= 4 is 40.5 Å². The minimum absolute atomic E-state index is 0.0722. The number of esters is 1. The minimum atomic E-state index is -4.64. The Hall–Kier alpha value is -6.37. The van der Waals surface area contributed by atoms with Crippen LogP contribution >= 0.6 is 0 Å². The number of benzene rings is 1. The van der Waals surface area contributed by atoms with Crippen LogP contribution in [0.25, 0.3) is 33.6 Å². The highest BCUT2D eigenvalue weighted by Crippen LogP contribution is 2.43. The molecule has 75 heavy (non-hydrogen) atoms. The predicted molar refractivity (Wildman–Crippen MR) is 271 cm³/mol. The molecule has 6 heterocycles. The molecule has 3 aliphatic rings. The van der Waals surface area contributed by atoms with Crippen molar-refractivity contribution in [3.8, 4) is 34.6 Å². The van der Waals surface area contributed by atoms with Crippen molar-refractivity contribution in [3.05, 3.63) is 59.7 Å². The van der Waals surface area contributed by atoms with E-state index in [0.717, 1.165) is 4.90 Å². The lowest BCUT2D eigenvalue weighted by atomic mass is 9.84. The van der Waals surface area contributed by atoms with Crippen molar-refractivity contribution in [2.75, 3.05) is 54.5 Å². The van der Waals surface area contributed by atoms with Crippen molar-refractivity contribution in [2.24, 2.45) is 11.3 Å². The maximum absolute atomic E-state index is 16.7. The topological polar surface area (TPSA) is 185 Å². The van der Waals surface area contributed by atoms with Crippen molar-refractivity contribution in [3.63, 3.8) is 0 Å². The zero-order valence-corrected chi connectivity index (χ0v) is 44.6. The molecule has 0 spiro atoms. The van der Waals surface area contributed by atoms with E-state index in [1.165, 1.54) is 34.9 Å². The number of carbonyl (C=O) groups is 5. The van der Waals surface area contributed by atoms with E-state index in [2.05, 4.69) is 27.6 Å². The first kappa shape index (κ1) is 56.4. The highest BCUT2D eigenvalue weighted by atomic mass is 19.4.